The predicted molar refractivity (Wildman–Crippen MR) is 214 cm³/mol. The van der Waals surface area contributed by atoms with Gasteiger partial charge in [0.05, 0.1) is 11.7 Å². The van der Waals surface area contributed by atoms with Crippen molar-refractivity contribution >= 4 is 23.9 Å². The highest BCUT2D eigenvalue weighted by molar-refractivity contribution is 5.91. The summed E-state index contributed by atoms with van der Waals surface area (Å²) in [4.78, 5) is 40.3. The van der Waals surface area contributed by atoms with E-state index in [0.29, 0.717) is 26.2 Å². The molecular weight excluding hydrogens is 780 g/mol. The molecule has 324 valence electrons. The number of aliphatic hydroxyl groups is 5. The third kappa shape index (κ3) is 11.9. The molecule has 3 aliphatic rings. The van der Waals surface area contributed by atoms with E-state index in [4.69, 9.17) is 23.7 Å². The van der Waals surface area contributed by atoms with Gasteiger partial charge in [-0.2, -0.15) is 0 Å². The topological polar surface area (TPSA) is 238 Å². The van der Waals surface area contributed by atoms with E-state index in [0.717, 1.165) is 24.0 Å². The van der Waals surface area contributed by atoms with Crippen LogP contribution in [0.1, 0.15) is 53.7 Å². The molecule has 3 saturated heterocycles. The number of aliphatic hydroxyl groups excluding tert-OH is 5. The van der Waals surface area contributed by atoms with Gasteiger partial charge < -0.3 is 59.4 Å². The van der Waals surface area contributed by atoms with Crippen LogP contribution >= 0.6 is 0 Å². The number of nitrogens with zero attached hydrogens (tertiary/aromatic N) is 1. The number of hydrogen-bond acceptors (Lipinski definition) is 15. The maximum atomic E-state index is 13.0. The van der Waals surface area contributed by atoms with E-state index in [1.54, 1.807) is 59.5 Å². The Morgan fingerprint density at radius 1 is 0.800 bits per heavy atom. The van der Waals surface area contributed by atoms with Crippen LogP contribution in [0, 0.1) is 0 Å². The Morgan fingerprint density at radius 3 is 2.25 bits per heavy atom. The average Bonchev–Trinajstić information content (AvgIpc) is 3.28. The normalized spacial score (nSPS) is 30.9. The molecule has 3 aromatic rings. The van der Waals surface area contributed by atoms with E-state index in [1.807, 2.05) is 30.3 Å². The fourth-order valence-electron chi connectivity index (χ4n) is 7.06. The Kier molecular flexibility index (Phi) is 16.1. The van der Waals surface area contributed by atoms with Gasteiger partial charge in [-0.3, -0.25) is 15.0 Å². The first-order valence-electron chi connectivity index (χ1n) is 20.1. The minimum Gasteiger partial charge on any atom is -0.462 e. The number of hydrazine groups is 1. The number of benzene rings is 3. The van der Waals surface area contributed by atoms with Crippen LogP contribution < -0.4 is 20.9 Å². The molecule has 0 radical (unpaired) electrons. The lowest BCUT2D eigenvalue weighted by molar-refractivity contribution is -0.355. The number of ether oxygens (including phenoxy) is 5. The van der Waals surface area contributed by atoms with Gasteiger partial charge in [-0.25, -0.2) is 10.2 Å². The molecule has 3 aliphatic heterocycles. The molecule has 3 heterocycles. The minimum absolute atomic E-state index is 0.107. The first-order valence-corrected chi connectivity index (χ1v) is 20.1. The summed E-state index contributed by atoms with van der Waals surface area (Å²) in [7, 11) is 0. The Balaban J connectivity index is 1.07. The summed E-state index contributed by atoms with van der Waals surface area (Å²) in [5, 5.41) is 57.4. The molecule has 0 aromatic heterocycles. The number of esters is 1. The van der Waals surface area contributed by atoms with Crippen LogP contribution in [0.3, 0.4) is 0 Å². The van der Waals surface area contributed by atoms with E-state index in [2.05, 4.69) is 16.2 Å². The second-order valence-electron chi connectivity index (χ2n) is 14.9. The van der Waals surface area contributed by atoms with Crippen molar-refractivity contribution in [3.05, 3.63) is 108 Å². The fraction of sp³-hybridized carbons (Fsp3) is 0.465. The number of carbonyl (C=O) groups is 3. The van der Waals surface area contributed by atoms with Crippen molar-refractivity contribution in [2.75, 3.05) is 32.8 Å². The summed E-state index contributed by atoms with van der Waals surface area (Å²) in [5.74, 6) is -0.796. The van der Waals surface area contributed by atoms with Crippen LogP contribution in [0.5, 0.6) is 5.75 Å². The number of nitrogens with one attached hydrogen (secondary N) is 3. The molecule has 11 atom stereocenters. The van der Waals surface area contributed by atoms with Gasteiger partial charge in [0.25, 0.3) is 0 Å². The van der Waals surface area contributed by atoms with Crippen LogP contribution in [0.15, 0.2) is 91.0 Å². The van der Waals surface area contributed by atoms with Crippen LogP contribution in [0.4, 0.5) is 0 Å². The lowest BCUT2D eigenvalue weighted by Gasteiger charge is -2.45. The standard InChI is InChI=1S/C43H54N4O13/c1-26-35(50)38(53)40(60-42-39(54)37(52)36(51)32(59-42)25-56-41(55)29-12-6-3-7-13-29)43(57-26)58-30-17-15-28(16-18-30)31-24-33(48)46-45-21-23-47(22-9-8-20-44-31)34(49)19-14-27-10-4-2-5-11-27/h2-7,10-19,26,31-32,35-40,42-45,50-54H,8-9,20-25H2,1H3,(H,46,48)/b19-14+/t26-,31?,32+,35-,36+,37-,38+,39+,40+,42-,43-/m0/s1. The van der Waals surface area contributed by atoms with E-state index < -0.39 is 74.0 Å². The van der Waals surface area contributed by atoms with Gasteiger partial charge in [0.2, 0.25) is 18.1 Å². The zero-order valence-electron chi connectivity index (χ0n) is 33.2. The van der Waals surface area contributed by atoms with Crippen molar-refractivity contribution in [3.8, 4) is 5.75 Å². The molecule has 60 heavy (non-hydrogen) atoms. The van der Waals surface area contributed by atoms with Crippen molar-refractivity contribution in [3.63, 3.8) is 0 Å². The summed E-state index contributed by atoms with van der Waals surface area (Å²) < 4.78 is 29.0. The smallest absolute Gasteiger partial charge is 0.338 e. The van der Waals surface area contributed by atoms with Crippen molar-refractivity contribution in [1.29, 1.82) is 0 Å². The molecule has 0 aliphatic carbocycles. The van der Waals surface area contributed by atoms with Gasteiger partial charge >= 0.3 is 5.97 Å². The van der Waals surface area contributed by atoms with E-state index in [9.17, 15) is 39.9 Å². The van der Waals surface area contributed by atoms with Crippen LogP contribution in [-0.4, -0.2) is 142 Å². The zero-order valence-corrected chi connectivity index (χ0v) is 33.2. The highest BCUT2D eigenvalue weighted by atomic mass is 16.8. The van der Waals surface area contributed by atoms with E-state index >= 15 is 0 Å². The Morgan fingerprint density at radius 2 is 1.52 bits per heavy atom. The lowest BCUT2D eigenvalue weighted by Crippen LogP contribution is -2.64. The first-order chi connectivity index (χ1) is 29.0. The Labute approximate surface area is 347 Å². The molecule has 17 nitrogen and oxygen atoms in total. The fourth-order valence-corrected chi connectivity index (χ4v) is 7.06. The SMILES string of the molecule is C[C@@H]1O[C@@H](Oc2ccc(C3CC(=O)NNCCN(C(=O)/C=C/c4ccccc4)CCCCN3)cc2)[C@H](O[C@@H]2O[C@H](COC(=O)c3ccccc3)[C@@H](O)[C@H](O)[C@H]2O)[C@H](O)[C@H]1O. The highest BCUT2D eigenvalue weighted by Gasteiger charge is 2.51. The average molecular weight is 835 g/mol. The predicted octanol–water partition coefficient (Wildman–Crippen LogP) is 0.559. The van der Waals surface area contributed by atoms with Gasteiger partial charge in [0.1, 0.15) is 49.0 Å². The van der Waals surface area contributed by atoms with Gasteiger partial charge in [-0.1, -0.05) is 60.7 Å². The first kappa shape index (κ1) is 44.8. The largest absolute Gasteiger partial charge is 0.462 e. The molecule has 6 rings (SSSR count). The van der Waals surface area contributed by atoms with Crippen LogP contribution in [-0.2, 0) is 28.5 Å². The molecule has 1 unspecified atom stereocenters. The lowest BCUT2D eigenvalue weighted by atomic mass is 9.97. The second kappa shape index (κ2) is 21.6. The molecule has 0 saturated carbocycles. The maximum Gasteiger partial charge on any atom is 0.338 e. The van der Waals surface area contributed by atoms with Crippen LogP contribution in [0.2, 0.25) is 0 Å². The van der Waals surface area contributed by atoms with Crippen molar-refractivity contribution < 1.29 is 63.6 Å². The second-order valence-corrected chi connectivity index (χ2v) is 14.9. The van der Waals surface area contributed by atoms with Gasteiger partial charge in [0.15, 0.2) is 12.4 Å². The van der Waals surface area contributed by atoms with Gasteiger partial charge in [-0.05, 0) is 67.8 Å². The molecule has 3 fully saturated rings. The zero-order chi connectivity index (χ0) is 42.6. The summed E-state index contributed by atoms with van der Waals surface area (Å²) in [5.41, 5.74) is 7.61. The molecule has 17 heteroatoms. The number of rotatable bonds is 10. The molecular formula is C43H54N4O13. The maximum absolute atomic E-state index is 13.0. The summed E-state index contributed by atoms with van der Waals surface area (Å²) >= 11 is 0. The van der Waals surface area contributed by atoms with Crippen molar-refractivity contribution in [1.82, 2.24) is 21.1 Å². The number of carbonyl (C=O) groups excluding carboxylic acids is 3. The van der Waals surface area contributed by atoms with Gasteiger partial charge in [0, 0.05) is 38.2 Å². The summed E-state index contributed by atoms with van der Waals surface area (Å²) in [6.45, 7) is 2.92. The molecule has 8 N–H and O–H groups in total. The molecule has 0 spiro atoms. The summed E-state index contributed by atoms with van der Waals surface area (Å²) in [6, 6.07) is 24.1. The van der Waals surface area contributed by atoms with Crippen LogP contribution in [0.25, 0.3) is 6.08 Å². The third-order valence-electron chi connectivity index (χ3n) is 10.6. The third-order valence-corrected chi connectivity index (χ3v) is 10.6. The molecule has 0 bridgehead atoms. The highest BCUT2D eigenvalue weighted by Crippen LogP contribution is 2.31. The monoisotopic (exact) mass is 834 g/mol. The van der Waals surface area contributed by atoms with E-state index in [1.165, 1.54) is 19.1 Å². The molecule has 2 amide bonds. The summed E-state index contributed by atoms with van der Waals surface area (Å²) in [6.07, 6.45) is -10.1. The van der Waals surface area contributed by atoms with Crippen molar-refractivity contribution in [2.24, 2.45) is 0 Å². The molecule has 3 aromatic carbocycles. The number of hydrogen-bond donors (Lipinski definition) is 8. The quantitative estimate of drug-likeness (QED) is 0.103. The van der Waals surface area contributed by atoms with Gasteiger partial charge in [-0.15, -0.1) is 0 Å². The minimum atomic E-state index is -1.82. The van der Waals surface area contributed by atoms with E-state index in [-0.39, 0.29) is 35.6 Å². The Hall–Kier alpha value is -4.79. The Bertz CT molecular complexity index is 1860. The number of amides is 2. The van der Waals surface area contributed by atoms with Crippen molar-refractivity contribution in [2.45, 2.75) is 93.6 Å².